The third-order valence-corrected chi connectivity index (χ3v) is 18.4. The monoisotopic (exact) mass is 715 g/mol. The second-order valence-electron chi connectivity index (χ2n) is 21.0. The van der Waals surface area contributed by atoms with Crippen molar-refractivity contribution in [2.75, 3.05) is 46.0 Å². The van der Waals surface area contributed by atoms with E-state index in [1.165, 1.54) is 51.6 Å². The van der Waals surface area contributed by atoms with Crippen molar-refractivity contribution >= 4 is 0 Å². The minimum Gasteiger partial charge on any atom is -0.390 e. The molecule has 0 bridgehead atoms. The first-order valence-electron chi connectivity index (χ1n) is 21.1. The van der Waals surface area contributed by atoms with Crippen LogP contribution in [0.1, 0.15) is 113 Å². The summed E-state index contributed by atoms with van der Waals surface area (Å²) < 4.78 is 25.6. The fourth-order valence-corrected chi connectivity index (χ4v) is 15.5. The average Bonchev–Trinajstić information content (AvgIpc) is 3.69. The summed E-state index contributed by atoms with van der Waals surface area (Å²) in [7, 11) is 0. The van der Waals surface area contributed by atoms with E-state index in [1.54, 1.807) is 13.8 Å². The highest BCUT2D eigenvalue weighted by Gasteiger charge is 2.84. The van der Waals surface area contributed by atoms with E-state index in [0.717, 1.165) is 58.6 Å². The number of rotatable bonds is 6. The minimum absolute atomic E-state index is 0.0179. The molecule has 4 saturated heterocycles. The van der Waals surface area contributed by atoms with E-state index < -0.39 is 23.9 Å². The van der Waals surface area contributed by atoms with Gasteiger partial charge in [-0.15, -0.1) is 0 Å². The molecule has 4 heterocycles. The number of hydrogen-bond donors (Lipinski definition) is 3. The number of ether oxygens (including phenoxy) is 4. The van der Waals surface area contributed by atoms with Gasteiger partial charge in [-0.05, 0) is 123 Å². The predicted octanol–water partition coefficient (Wildman–Crippen LogP) is 4.84. The van der Waals surface area contributed by atoms with Crippen molar-refractivity contribution in [3.63, 3.8) is 0 Å². The maximum Gasteiger partial charge on any atom is 0.170 e. The molecule has 0 radical (unpaired) electrons. The van der Waals surface area contributed by atoms with Crippen LogP contribution in [0.4, 0.5) is 0 Å². The van der Waals surface area contributed by atoms with E-state index in [4.69, 9.17) is 18.9 Å². The van der Waals surface area contributed by atoms with Gasteiger partial charge in [0.15, 0.2) is 6.29 Å². The Kier molecular flexibility index (Phi) is 8.59. The van der Waals surface area contributed by atoms with Crippen LogP contribution in [0.2, 0.25) is 0 Å². The van der Waals surface area contributed by atoms with Gasteiger partial charge in [-0.2, -0.15) is 0 Å². The first-order chi connectivity index (χ1) is 24.1. The standard InChI is InChI=1S/C42H70N2O7/c1-25-20-28(35(45)38(4,5)47)50-34-33(25)39(6)14-15-42-24-41(42)13-10-31(37(2,3)29(41)8-9-30(42)40(39,7)36(34)46)51-32-21-44(18-19-49-32)26-11-16-43(17-12-26)27-22-48-23-27/h25-36,45-47H,8-24H2,1-7H3/t25-,28-,29+,30+,31+,32+,33+,34+,35+,36+,39-,40-,41?,42+/m1/s1. The van der Waals surface area contributed by atoms with E-state index in [0.29, 0.717) is 35.3 Å². The molecule has 5 aliphatic carbocycles. The second-order valence-corrected chi connectivity index (χ2v) is 21.0. The summed E-state index contributed by atoms with van der Waals surface area (Å²) in [5, 5.41) is 34.3. The molecule has 290 valence electrons. The highest BCUT2D eigenvalue weighted by molar-refractivity contribution is 5.33. The van der Waals surface area contributed by atoms with Crippen molar-refractivity contribution in [2.45, 2.75) is 167 Å². The molecule has 51 heavy (non-hydrogen) atoms. The Hall–Kier alpha value is -0.360. The summed E-state index contributed by atoms with van der Waals surface area (Å²) in [5.74, 6) is 1.66. The molecule has 9 heteroatoms. The molecule has 0 aromatic heterocycles. The number of aliphatic hydroxyl groups excluding tert-OH is 2. The summed E-state index contributed by atoms with van der Waals surface area (Å²) >= 11 is 0. The summed E-state index contributed by atoms with van der Waals surface area (Å²) in [6.07, 6.45) is 9.31. The zero-order valence-corrected chi connectivity index (χ0v) is 32.8. The SMILES string of the molecule is C[C@@H]1C[C@H]([C@H](O)C(C)(C)O)O[C@H]2[C@H]1[C@@]1(C)CC[C@@]34CC35CC[C@H](O[C@H]3CN(C6CCN(C7COC7)CC6)CCO3)C(C)(C)[C@@H]5CC[C@H]4[C@]1(C)[C@H]2O. The lowest BCUT2D eigenvalue weighted by atomic mass is 9.41. The lowest BCUT2D eigenvalue weighted by Crippen LogP contribution is -2.60. The van der Waals surface area contributed by atoms with Crippen LogP contribution in [0, 0.1) is 50.7 Å². The van der Waals surface area contributed by atoms with Crippen LogP contribution in [0.3, 0.4) is 0 Å². The number of nitrogens with zero attached hydrogens (tertiary/aromatic N) is 2. The average molecular weight is 715 g/mol. The fraction of sp³-hybridized carbons (Fsp3) is 1.00. The highest BCUT2D eigenvalue weighted by Crippen LogP contribution is 2.89. The van der Waals surface area contributed by atoms with Gasteiger partial charge in [-0.3, -0.25) is 9.80 Å². The fourth-order valence-electron chi connectivity index (χ4n) is 15.5. The van der Waals surface area contributed by atoms with Crippen LogP contribution in [0.5, 0.6) is 0 Å². The van der Waals surface area contributed by atoms with Gasteiger partial charge >= 0.3 is 0 Å². The van der Waals surface area contributed by atoms with Gasteiger partial charge in [-0.25, -0.2) is 0 Å². The van der Waals surface area contributed by atoms with E-state index in [2.05, 4.69) is 44.4 Å². The summed E-state index contributed by atoms with van der Waals surface area (Å²) in [6.45, 7) is 22.4. The van der Waals surface area contributed by atoms with Crippen molar-refractivity contribution in [2.24, 2.45) is 50.7 Å². The third-order valence-electron chi connectivity index (χ3n) is 18.4. The molecular formula is C42H70N2O7. The lowest BCUT2D eigenvalue weighted by Gasteiger charge is -2.64. The molecule has 3 N–H and O–H groups in total. The predicted molar refractivity (Wildman–Crippen MR) is 194 cm³/mol. The zero-order valence-electron chi connectivity index (χ0n) is 32.8. The molecule has 4 aliphatic heterocycles. The van der Waals surface area contributed by atoms with Crippen LogP contribution in [-0.4, -0.2) is 126 Å². The molecule has 9 nitrogen and oxygen atoms in total. The van der Waals surface area contributed by atoms with Crippen molar-refractivity contribution in [1.82, 2.24) is 9.80 Å². The topological polar surface area (TPSA) is 104 Å². The molecule has 0 amide bonds. The Morgan fingerprint density at radius 1 is 0.863 bits per heavy atom. The van der Waals surface area contributed by atoms with Gasteiger partial charge in [0.2, 0.25) is 0 Å². The molecule has 0 aromatic carbocycles. The first-order valence-corrected chi connectivity index (χ1v) is 21.1. The van der Waals surface area contributed by atoms with E-state index >= 15 is 0 Å². The summed E-state index contributed by atoms with van der Waals surface area (Å²) in [5.41, 5.74) is -0.814. The van der Waals surface area contributed by atoms with Gasteiger partial charge in [0.25, 0.3) is 0 Å². The number of likely N-dealkylation sites (tertiary alicyclic amines) is 1. The number of morpholine rings is 1. The molecule has 9 aliphatic rings. The Morgan fingerprint density at radius 2 is 1.57 bits per heavy atom. The smallest absolute Gasteiger partial charge is 0.170 e. The van der Waals surface area contributed by atoms with Crippen molar-refractivity contribution in [3.8, 4) is 0 Å². The Labute approximate surface area is 307 Å². The Bertz CT molecular complexity index is 1330. The van der Waals surface area contributed by atoms with Crippen LogP contribution in [0.25, 0.3) is 0 Å². The second kappa shape index (κ2) is 12.1. The number of hydrogen-bond acceptors (Lipinski definition) is 9. The molecule has 1 unspecified atom stereocenters. The number of aliphatic hydroxyl groups is 3. The summed E-state index contributed by atoms with van der Waals surface area (Å²) in [6, 6.07) is 1.27. The Balaban J connectivity index is 0.891. The van der Waals surface area contributed by atoms with Gasteiger partial charge in [0.1, 0.15) is 6.10 Å². The third kappa shape index (κ3) is 5.03. The molecule has 9 rings (SSSR count). The van der Waals surface area contributed by atoms with Crippen molar-refractivity contribution < 1.29 is 34.3 Å². The quantitative estimate of drug-likeness (QED) is 0.357. The molecule has 9 fully saturated rings. The van der Waals surface area contributed by atoms with E-state index in [1.807, 2.05) is 0 Å². The van der Waals surface area contributed by atoms with Crippen molar-refractivity contribution in [3.05, 3.63) is 0 Å². The molecular weight excluding hydrogens is 644 g/mol. The molecule has 14 atom stereocenters. The highest BCUT2D eigenvalue weighted by atomic mass is 16.7. The molecule has 5 saturated carbocycles. The normalized spacial score (nSPS) is 52.5. The maximum absolute atomic E-state index is 12.5. The summed E-state index contributed by atoms with van der Waals surface area (Å²) in [4.78, 5) is 5.31. The molecule has 0 aromatic rings. The number of fused-ring (bicyclic) bond motifs is 4. The van der Waals surface area contributed by atoms with Crippen LogP contribution in [-0.2, 0) is 18.9 Å². The van der Waals surface area contributed by atoms with Gasteiger partial charge < -0.3 is 34.3 Å². The van der Waals surface area contributed by atoms with Gasteiger partial charge in [-0.1, -0.05) is 34.6 Å². The number of piperidine rings is 1. The lowest BCUT2D eigenvalue weighted by molar-refractivity contribution is -0.252. The largest absolute Gasteiger partial charge is 0.390 e. The van der Waals surface area contributed by atoms with E-state index in [9.17, 15) is 15.3 Å². The Morgan fingerprint density at radius 3 is 2.25 bits per heavy atom. The zero-order chi connectivity index (χ0) is 35.9. The van der Waals surface area contributed by atoms with Gasteiger partial charge in [0, 0.05) is 37.6 Å². The van der Waals surface area contributed by atoms with Crippen LogP contribution in [0.15, 0.2) is 0 Å². The maximum atomic E-state index is 12.5. The van der Waals surface area contributed by atoms with Crippen LogP contribution >= 0.6 is 0 Å². The van der Waals surface area contributed by atoms with E-state index in [-0.39, 0.29) is 46.1 Å². The minimum atomic E-state index is -1.24. The first kappa shape index (κ1) is 36.3. The van der Waals surface area contributed by atoms with Crippen molar-refractivity contribution in [1.29, 1.82) is 0 Å². The van der Waals surface area contributed by atoms with Crippen LogP contribution < -0.4 is 0 Å². The van der Waals surface area contributed by atoms with Gasteiger partial charge in [0.05, 0.1) is 55.9 Å². The molecule has 2 spiro atoms.